The molecular weight excluding hydrogens is 275 g/mol. The first-order chi connectivity index (χ1) is 9.10. The molecule has 0 saturated heterocycles. The minimum atomic E-state index is -0.681. The summed E-state index contributed by atoms with van der Waals surface area (Å²) >= 11 is 5.71. The van der Waals surface area contributed by atoms with E-state index >= 15 is 0 Å². The molecule has 0 fully saturated rings. The average molecular weight is 285 g/mol. The fraction of sp³-hybridized carbons (Fsp3) is 0.182. The second kappa shape index (κ2) is 5.66. The number of anilines is 1. The number of halogens is 2. The first-order valence-corrected chi connectivity index (χ1v) is 5.79. The summed E-state index contributed by atoms with van der Waals surface area (Å²) in [5.41, 5.74) is -0.179. The van der Waals surface area contributed by atoms with Gasteiger partial charge in [0.25, 0.3) is 5.91 Å². The number of nitrogens with one attached hydrogen (secondary N) is 2. The number of aromatic nitrogens is 3. The van der Waals surface area contributed by atoms with Crippen molar-refractivity contribution in [2.45, 2.75) is 6.92 Å². The number of benzene rings is 1. The highest BCUT2D eigenvalue weighted by Crippen LogP contribution is 2.16. The molecular formula is C11H10ClFN4O2. The van der Waals surface area contributed by atoms with Crippen LogP contribution in [-0.2, 0) is 0 Å². The van der Waals surface area contributed by atoms with E-state index in [0.29, 0.717) is 6.61 Å². The minimum absolute atomic E-state index is 0.0628. The third-order valence-electron chi connectivity index (χ3n) is 2.14. The zero-order valence-electron chi connectivity index (χ0n) is 9.91. The Balaban J connectivity index is 2.13. The number of ether oxygens (including phenoxy) is 1. The van der Waals surface area contributed by atoms with Gasteiger partial charge in [0, 0.05) is 5.02 Å². The van der Waals surface area contributed by atoms with Gasteiger partial charge >= 0.3 is 6.01 Å². The molecule has 2 N–H and O–H groups in total. The Morgan fingerprint density at radius 1 is 1.58 bits per heavy atom. The fourth-order valence-electron chi connectivity index (χ4n) is 1.34. The van der Waals surface area contributed by atoms with Crippen molar-refractivity contribution in [3.8, 4) is 6.01 Å². The molecule has 0 aliphatic heterocycles. The second-order valence-corrected chi connectivity index (χ2v) is 3.91. The molecule has 1 aromatic heterocycles. The molecule has 0 unspecified atom stereocenters. The molecule has 0 saturated carbocycles. The highest BCUT2D eigenvalue weighted by atomic mass is 35.5. The fourth-order valence-corrected chi connectivity index (χ4v) is 1.51. The van der Waals surface area contributed by atoms with E-state index in [4.69, 9.17) is 16.3 Å². The SMILES string of the molecule is CCOc1n[nH]c(NC(=O)c2cc(Cl)ccc2F)n1. The lowest BCUT2D eigenvalue weighted by atomic mass is 10.2. The molecule has 0 atom stereocenters. The van der Waals surface area contributed by atoms with Gasteiger partial charge in [0.15, 0.2) is 0 Å². The molecule has 2 aromatic rings. The van der Waals surface area contributed by atoms with Crippen LogP contribution in [0, 0.1) is 5.82 Å². The van der Waals surface area contributed by atoms with Crippen molar-refractivity contribution in [2.24, 2.45) is 0 Å². The van der Waals surface area contributed by atoms with Crippen LogP contribution < -0.4 is 10.1 Å². The van der Waals surface area contributed by atoms with Crippen molar-refractivity contribution >= 4 is 23.5 Å². The zero-order valence-corrected chi connectivity index (χ0v) is 10.7. The maximum Gasteiger partial charge on any atom is 0.337 e. The molecule has 19 heavy (non-hydrogen) atoms. The van der Waals surface area contributed by atoms with E-state index in [0.717, 1.165) is 6.07 Å². The quantitative estimate of drug-likeness (QED) is 0.902. The van der Waals surface area contributed by atoms with Crippen molar-refractivity contribution < 1.29 is 13.9 Å². The Kier molecular flexibility index (Phi) is 3.96. The Bertz CT molecular complexity index is 602. The van der Waals surface area contributed by atoms with E-state index in [1.165, 1.54) is 12.1 Å². The first kappa shape index (κ1) is 13.3. The third kappa shape index (κ3) is 3.19. The molecule has 0 aliphatic carbocycles. The van der Waals surface area contributed by atoms with Crippen LogP contribution in [0.5, 0.6) is 6.01 Å². The van der Waals surface area contributed by atoms with Gasteiger partial charge in [-0.15, -0.1) is 5.10 Å². The van der Waals surface area contributed by atoms with Gasteiger partial charge in [-0.25, -0.2) is 9.49 Å². The Morgan fingerprint density at radius 3 is 3.11 bits per heavy atom. The number of carbonyl (C=O) groups excluding carboxylic acids is 1. The van der Waals surface area contributed by atoms with Crippen LogP contribution in [0.2, 0.25) is 5.02 Å². The van der Waals surface area contributed by atoms with E-state index < -0.39 is 11.7 Å². The van der Waals surface area contributed by atoms with Gasteiger partial charge in [-0.1, -0.05) is 11.6 Å². The maximum atomic E-state index is 13.5. The summed E-state index contributed by atoms with van der Waals surface area (Å²) in [5.74, 6) is -1.29. The van der Waals surface area contributed by atoms with Crippen LogP contribution in [0.3, 0.4) is 0 Å². The number of carbonyl (C=O) groups is 1. The monoisotopic (exact) mass is 284 g/mol. The lowest BCUT2D eigenvalue weighted by Gasteiger charge is -2.03. The van der Waals surface area contributed by atoms with E-state index in [9.17, 15) is 9.18 Å². The van der Waals surface area contributed by atoms with Gasteiger partial charge in [0.1, 0.15) is 5.82 Å². The highest BCUT2D eigenvalue weighted by Gasteiger charge is 2.14. The summed E-state index contributed by atoms with van der Waals surface area (Å²) < 4.78 is 18.5. The molecule has 0 spiro atoms. The number of H-pyrrole nitrogens is 1. The van der Waals surface area contributed by atoms with Crippen LogP contribution >= 0.6 is 11.6 Å². The summed E-state index contributed by atoms with van der Waals surface area (Å²) in [6, 6.07) is 3.80. The molecule has 1 aromatic carbocycles. The molecule has 0 bridgehead atoms. The predicted octanol–water partition coefficient (Wildman–Crippen LogP) is 2.25. The number of rotatable bonds is 4. The number of nitrogens with zero attached hydrogens (tertiary/aromatic N) is 2. The summed E-state index contributed by atoms with van der Waals surface area (Å²) in [6.45, 7) is 2.17. The summed E-state index contributed by atoms with van der Waals surface area (Å²) in [7, 11) is 0. The van der Waals surface area contributed by atoms with Crippen LogP contribution in [0.15, 0.2) is 18.2 Å². The topological polar surface area (TPSA) is 79.9 Å². The summed E-state index contributed by atoms with van der Waals surface area (Å²) in [6.07, 6.45) is 0. The number of amides is 1. The summed E-state index contributed by atoms with van der Waals surface area (Å²) in [4.78, 5) is 15.7. The Hall–Kier alpha value is -2.15. The van der Waals surface area contributed by atoms with Crippen LogP contribution in [0.25, 0.3) is 0 Å². The van der Waals surface area contributed by atoms with Crippen LogP contribution in [0.4, 0.5) is 10.3 Å². The minimum Gasteiger partial charge on any atom is -0.463 e. The molecule has 100 valence electrons. The van der Waals surface area contributed by atoms with Crippen LogP contribution in [0.1, 0.15) is 17.3 Å². The zero-order chi connectivity index (χ0) is 13.8. The lowest BCUT2D eigenvalue weighted by molar-refractivity contribution is 0.102. The third-order valence-corrected chi connectivity index (χ3v) is 2.38. The smallest absolute Gasteiger partial charge is 0.337 e. The normalized spacial score (nSPS) is 10.3. The summed E-state index contributed by atoms with van der Waals surface area (Å²) in [5, 5.41) is 8.77. The molecule has 0 aliphatic rings. The number of hydrogen-bond acceptors (Lipinski definition) is 4. The molecule has 1 heterocycles. The maximum absolute atomic E-state index is 13.5. The van der Waals surface area contributed by atoms with Gasteiger partial charge in [0.2, 0.25) is 5.95 Å². The highest BCUT2D eigenvalue weighted by molar-refractivity contribution is 6.31. The Morgan fingerprint density at radius 2 is 2.37 bits per heavy atom. The average Bonchev–Trinajstić information content (AvgIpc) is 2.80. The van der Waals surface area contributed by atoms with Gasteiger partial charge in [0.05, 0.1) is 12.2 Å². The number of aromatic amines is 1. The largest absolute Gasteiger partial charge is 0.463 e. The molecule has 1 amide bonds. The van der Waals surface area contributed by atoms with Gasteiger partial charge in [-0.3, -0.25) is 10.1 Å². The van der Waals surface area contributed by atoms with Gasteiger partial charge < -0.3 is 4.74 Å². The number of hydrogen-bond donors (Lipinski definition) is 2. The standard InChI is InChI=1S/C11H10ClFN4O2/c1-2-19-11-15-10(16-17-11)14-9(18)7-5-6(12)3-4-8(7)13/h3-5H,2H2,1H3,(H2,14,15,16,17,18). The molecule has 6 nitrogen and oxygen atoms in total. The van der Waals surface area contributed by atoms with Crippen LogP contribution in [-0.4, -0.2) is 27.7 Å². The van der Waals surface area contributed by atoms with Crippen molar-refractivity contribution in [3.05, 3.63) is 34.6 Å². The van der Waals surface area contributed by atoms with Crippen molar-refractivity contribution in [1.29, 1.82) is 0 Å². The lowest BCUT2D eigenvalue weighted by Crippen LogP contribution is -2.14. The van der Waals surface area contributed by atoms with Gasteiger partial charge in [-0.2, -0.15) is 4.98 Å². The second-order valence-electron chi connectivity index (χ2n) is 3.48. The predicted molar refractivity (Wildman–Crippen MR) is 66.9 cm³/mol. The molecule has 8 heteroatoms. The van der Waals surface area contributed by atoms with Gasteiger partial charge in [-0.05, 0) is 25.1 Å². The van der Waals surface area contributed by atoms with Crippen molar-refractivity contribution in [1.82, 2.24) is 15.2 Å². The van der Waals surface area contributed by atoms with Crippen molar-refractivity contribution in [3.63, 3.8) is 0 Å². The van der Waals surface area contributed by atoms with E-state index in [1.807, 2.05) is 0 Å². The Labute approximate surface area is 112 Å². The van der Waals surface area contributed by atoms with E-state index in [2.05, 4.69) is 20.5 Å². The van der Waals surface area contributed by atoms with Crippen molar-refractivity contribution in [2.75, 3.05) is 11.9 Å². The van der Waals surface area contributed by atoms with E-state index in [1.54, 1.807) is 6.92 Å². The molecule has 0 radical (unpaired) electrons. The van der Waals surface area contributed by atoms with E-state index in [-0.39, 0.29) is 22.5 Å². The molecule has 2 rings (SSSR count). The first-order valence-electron chi connectivity index (χ1n) is 5.41.